The standard InChI is InChI=1S/C11H22ClNS/c1-2-3-4-5-6-7-9-13-10-8-11(12)14-13/h11H,2-10H2,1H3. The van der Waals surface area contributed by atoms with Gasteiger partial charge >= 0.3 is 0 Å². The summed E-state index contributed by atoms with van der Waals surface area (Å²) >= 11 is 7.84. The van der Waals surface area contributed by atoms with E-state index in [1.807, 2.05) is 11.9 Å². The fourth-order valence-corrected chi connectivity index (χ4v) is 3.16. The summed E-state index contributed by atoms with van der Waals surface area (Å²) in [6.07, 6.45) is 9.48. The Morgan fingerprint density at radius 2 is 1.93 bits per heavy atom. The van der Waals surface area contributed by atoms with Crippen LogP contribution < -0.4 is 0 Å². The van der Waals surface area contributed by atoms with Gasteiger partial charge < -0.3 is 0 Å². The molecule has 0 bridgehead atoms. The number of alkyl halides is 1. The monoisotopic (exact) mass is 235 g/mol. The van der Waals surface area contributed by atoms with Crippen molar-refractivity contribution in [2.24, 2.45) is 0 Å². The minimum absolute atomic E-state index is 0.343. The van der Waals surface area contributed by atoms with Gasteiger partial charge in [-0.2, -0.15) is 0 Å². The lowest BCUT2D eigenvalue weighted by atomic mass is 10.1. The van der Waals surface area contributed by atoms with E-state index in [4.69, 9.17) is 11.6 Å². The van der Waals surface area contributed by atoms with E-state index in [1.165, 1.54) is 51.6 Å². The van der Waals surface area contributed by atoms with E-state index < -0.39 is 0 Å². The maximum atomic E-state index is 6.01. The zero-order valence-corrected chi connectivity index (χ0v) is 10.7. The van der Waals surface area contributed by atoms with Crippen LogP contribution in [0.2, 0.25) is 0 Å². The third-order valence-corrected chi connectivity index (χ3v) is 4.21. The van der Waals surface area contributed by atoms with Crippen molar-refractivity contribution in [1.29, 1.82) is 0 Å². The molecule has 1 unspecified atom stereocenters. The first-order chi connectivity index (χ1) is 6.83. The first-order valence-electron chi connectivity index (χ1n) is 5.88. The highest BCUT2D eigenvalue weighted by atomic mass is 35.5. The van der Waals surface area contributed by atoms with Gasteiger partial charge in [0.25, 0.3) is 0 Å². The molecule has 0 aliphatic carbocycles. The Morgan fingerprint density at radius 3 is 2.57 bits per heavy atom. The van der Waals surface area contributed by atoms with Gasteiger partial charge in [0.1, 0.15) is 0 Å². The summed E-state index contributed by atoms with van der Waals surface area (Å²) in [6, 6.07) is 0. The molecule has 0 aromatic heterocycles. The van der Waals surface area contributed by atoms with Gasteiger partial charge in [0.15, 0.2) is 0 Å². The van der Waals surface area contributed by atoms with Crippen molar-refractivity contribution in [3.8, 4) is 0 Å². The van der Waals surface area contributed by atoms with Crippen molar-refractivity contribution in [2.45, 2.75) is 56.6 Å². The van der Waals surface area contributed by atoms with Crippen LogP contribution in [0.1, 0.15) is 51.9 Å². The third kappa shape index (κ3) is 5.47. The molecule has 1 aliphatic heterocycles. The summed E-state index contributed by atoms with van der Waals surface area (Å²) in [6.45, 7) is 4.69. The van der Waals surface area contributed by atoms with E-state index in [1.54, 1.807) is 0 Å². The van der Waals surface area contributed by atoms with Crippen molar-refractivity contribution in [3.63, 3.8) is 0 Å². The van der Waals surface area contributed by atoms with E-state index in [2.05, 4.69) is 11.2 Å². The highest BCUT2D eigenvalue weighted by Gasteiger charge is 2.20. The molecule has 0 N–H and O–H groups in total. The van der Waals surface area contributed by atoms with Crippen molar-refractivity contribution >= 4 is 23.5 Å². The van der Waals surface area contributed by atoms with Crippen LogP contribution in [0.5, 0.6) is 0 Å². The predicted molar refractivity (Wildman–Crippen MR) is 66.8 cm³/mol. The Bertz CT molecular complexity index is 143. The molecule has 1 heterocycles. The average Bonchev–Trinajstić information content (AvgIpc) is 2.58. The number of nitrogens with zero attached hydrogens (tertiary/aromatic N) is 1. The molecule has 0 amide bonds. The maximum absolute atomic E-state index is 6.01. The van der Waals surface area contributed by atoms with E-state index in [0.717, 1.165) is 6.42 Å². The second kappa shape index (κ2) is 7.84. The summed E-state index contributed by atoms with van der Waals surface area (Å²) in [5, 5.41) is 0. The lowest BCUT2D eigenvalue weighted by Gasteiger charge is -2.12. The molecule has 0 radical (unpaired) electrons. The first kappa shape index (κ1) is 12.7. The topological polar surface area (TPSA) is 3.24 Å². The SMILES string of the molecule is CCCCCCCCN1CCC(Cl)S1. The predicted octanol–water partition coefficient (Wildman–Crippen LogP) is 4.27. The van der Waals surface area contributed by atoms with Gasteiger partial charge in [-0.25, -0.2) is 4.31 Å². The molecule has 1 aliphatic rings. The molecule has 1 saturated heterocycles. The second-order valence-electron chi connectivity index (χ2n) is 4.00. The Hall–Kier alpha value is 0.600. The Labute approximate surface area is 97.7 Å². The molecule has 0 saturated carbocycles. The van der Waals surface area contributed by atoms with Crippen LogP contribution >= 0.6 is 23.5 Å². The Morgan fingerprint density at radius 1 is 1.21 bits per heavy atom. The number of hydrogen-bond donors (Lipinski definition) is 0. The molecule has 1 nitrogen and oxygen atoms in total. The molecule has 3 heteroatoms. The Kier molecular flexibility index (Phi) is 7.09. The number of rotatable bonds is 7. The van der Waals surface area contributed by atoms with Crippen LogP contribution in [-0.2, 0) is 0 Å². The summed E-state index contributed by atoms with van der Waals surface area (Å²) < 4.78 is 2.77. The van der Waals surface area contributed by atoms with Crippen molar-refractivity contribution in [2.75, 3.05) is 13.1 Å². The fraction of sp³-hybridized carbons (Fsp3) is 1.00. The molecule has 84 valence electrons. The highest BCUT2D eigenvalue weighted by molar-refractivity contribution is 7.99. The highest BCUT2D eigenvalue weighted by Crippen LogP contribution is 2.31. The van der Waals surface area contributed by atoms with Crippen molar-refractivity contribution < 1.29 is 0 Å². The lowest BCUT2D eigenvalue weighted by molar-refractivity contribution is 0.462. The molecule has 1 atom stereocenters. The molecular weight excluding hydrogens is 214 g/mol. The van der Waals surface area contributed by atoms with Gasteiger partial charge in [0, 0.05) is 13.1 Å². The van der Waals surface area contributed by atoms with Crippen molar-refractivity contribution in [3.05, 3.63) is 0 Å². The van der Waals surface area contributed by atoms with E-state index in [-0.39, 0.29) is 0 Å². The minimum Gasteiger partial charge on any atom is -0.249 e. The molecular formula is C11H22ClNS. The van der Waals surface area contributed by atoms with Gasteiger partial charge in [-0.3, -0.25) is 0 Å². The normalized spacial score (nSPS) is 23.1. The minimum atomic E-state index is 0.343. The van der Waals surface area contributed by atoms with Gasteiger partial charge in [0.2, 0.25) is 0 Å². The van der Waals surface area contributed by atoms with E-state index >= 15 is 0 Å². The molecule has 1 rings (SSSR count). The molecule has 0 aromatic carbocycles. The van der Waals surface area contributed by atoms with Crippen LogP contribution in [-0.4, -0.2) is 22.1 Å². The lowest BCUT2D eigenvalue weighted by Crippen LogP contribution is -2.12. The van der Waals surface area contributed by atoms with Crippen LogP contribution in [0.15, 0.2) is 0 Å². The van der Waals surface area contributed by atoms with E-state index in [9.17, 15) is 0 Å². The largest absolute Gasteiger partial charge is 0.249 e. The summed E-state index contributed by atoms with van der Waals surface area (Å²) in [4.78, 5) is 0. The van der Waals surface area contributed by atoms with E-state index in [0.29, 0.717) is 4.71 Å². The quantitative estimate of drug-likeness (QED) is 0.369. The van der Waals surface area contributed by atoms with Crippen molar-refractivity contribution in [1.82, 2.24) is 4.31 Å². The first-order valence-corrected chi connectivity index (χ1v) is 7.16. The smallest absolute Gasteiger partial charge is 0.0948 e. The molecule has 1 fully saturated rings. The van der Waals surface area contributed by atoms with Gasteiger partial charge in [-0.15, -0.1) is 11.6 Å². The summed E-state index contributed by atoms with van der Waals surface area (Å²) in [5.74, 6) is 0. The molecule has 14 heavy (non-hydrogen) atoms. The Balaban J connectivity index is 1.84. The molecule has 0 aromatic rings. The second-order valence-corrected chi connectivity index (χ2v) is 6.08. The van der Waals surface area contributed by atoms with Crippen LogP contribution in [0.25, 0.3) is 0 Å². The maximum Gasteiger partial charge on any atom is 0.0948 e. The van der Waals surface area contributed by atoms with Gasteiger partial charge in [-0.05, 0) is 12.8 Å². The zero-order chi connectivity index (χ0) is 10.2. The van der Waals surface area contributed by atoms with Crippen LogP contribution in [0, 0.1) is 0 Å². The zero-order valence-electron chi connectivity index (χ0n) is 9.17. The number of halogens is 1. The average molecular weight is 236 g/mol. The van der Waals surface area contributed by atoms with Gasteiger partial charge in [0.05, 0.1) is 4.71 Å². The van der Waals surface area contributed by atoms with Crippen LogP contribution in [0.3, 0.4) is 0 Å². The number of hydrogen-bond acceptors (Lipinski definition) is 2. The summed E-state index contributed by atoms with van der Waals surface area (Å²) in [5.41, 5.74) is 0. The number of unbranched alkanes of at least 4 members (excludes halogenated alkanes) is 5. The fourth-order valence-electron chi connectivity index (χ4n) is 1.75. The summed E-state index contributed by atoms with van der Waals surface area (Å²) in [7, 11) is 0. The third-order valence-electron chi connectivity index (χ3n) is 2.63. The van der Waals surface area contributed by atoms with Crippen LogP contribution in [0.4, 0.5) is 0 Å². The van der Waals surface area contributed by atoms with Gasteiger partial charge in [-0.1, -0.05) is 51.0 Å². The molecule has 0 spiro atoms.